The Labute approximate surface area is 108 Å². The fraction of sp³-hybridized carbons (Fsp3) is 0.500. The van der Waals surface area contributed by atoms with E-state index in [2.05, 4.69) is 21.2 Å². The maximum absolute atomic E-state index is 11.9. The van der Waals surface area contributed by atoms with Gasteiger partial charge in [-0.05, 0) is 30.5 Å². The minimum Gasteiger partial charge on any atom is -0.308 e. The third-order valence-corrected chi connectivity index (χ3v) is 3.12. The Morgan fingerprint density at radius 1 is 1.29 bits per heavy atom. The van der Waals surface area contributed by atoms with E-state index < -0.39 is 12.7 Å². The highest BCUT2D eigenvalue weighted by Crippen LogP contribution is 2.19. The van der Waals surface area contributed by atoms with Gasteiger partial charge in [-0.3, -0.25) is 0 Å². The van der Waals surface area contributed by atoms with Gasteiger partial charge in [-0.2, -0.15) is 13.2 Å². The maximum Gasteiger partial charge on any atom is 0.401 e. The summed E-state index contributed by atoms with van der Waals surface area (Å²) in [5.74, 6) is 0.163. The van der Waals surface area contributed by atoms with E-state index in [-0.39, 0.29) is 5.92 Å². The first-order valence-corrected chi connectivity index (χ1v) is 6.18. The van der Waals surface area contributed by atoms with E-state index in [0.29, 0.717) is 6.54 Å². The van der Waals surface area contributed by atoms with E-state index in [1.807, 2.05) is 31.2 Å². The molecule has 17 heavy (non-hydrogen) atoms. The average molecular weight is 310 g/mol. The van der Waals surface area contributed by atoms with Crippen molar-refractivity contribution in [3.8, 4) is 0 Å². The fourth-order valence-electron chi connectivity index (χ4n) is 1.57. The number of nitrogens with one attached hydrogen (secondary N) is 1. The zero-order valence-corrected chi connectivity index (χ0v) is 11.1. The molecule has 0 radical (unpaired) electrons. The van der Waals surface area contributed by atoms with Crippen molar-refractivity contribution < 1.29 is 13.2 Å². The molecule has 0 aliphatic heterocycles. The van der Waals surface area contributed by atoms with Gasteiger partial charge in [-0.1, -0.05) is 41.1 Å². The van der Waals surface area contributed by atoms with Gasteiger partial charge in [0.25, 0.3) is 0 Å². The largest absolute Gasteiger partial charge is 0.401 e. The SMILES string of the molecule is CC(CNCC(F)(F)F)Cc1ccccc1Br. The highest BCUT2D eigenvalue weighted by molar-refractivity contribution is 9.10. The fourth-order valence-corrected chi connectivity index (χ4v) is 2.02. The Morgan fingerprint density at radius 2 is 1.94 bits per heavy atom. The quantitative estimate of drug-likeness (QED) is 0.873. The molecule has 1 N–H and O–H groups in total. The van der Waals surface area contributed by atoms with E-state index in [1.165, 1.54) is 0 Å². The lowest BCUT2D eigenvalue weighted by atomic mass is 10.0. The Hall–Kier alpha value is -0.550. The van der Waals surface area contributed by atoms with Gasteiger partial charge in [0.05, 0.1) is 6.54 Å². The Bertz CT molecular complexity index is 352. The highest BCUT2D eigenvalue weighted by Gasteiger charge is 2.26. The van der Waals surface area contributed by atoms with Crippen LogP contribution in [0.5, 0.6) is 0 Å². The van der Waals surface area contributed by atoms with Crippen molar-refractivity contribution in [1.29, 1.82) is 0 Å². The molecule has 1 aromatic rings. The molecule has 0 aromatic heterocycles. The van der Waals surface area contributed by atoms with Gasteiger partial charge in [0, 0.05) is 4.47 Å². The average Bonchev–Trinajstić information content (AvgIpc) is 2.19. The van der Waals surface area contributed by atoms with Crippen LogP contribution in [0.25, 0.3) is 0 Å². The van der Waals surface area contributed by atoms with Crippen LogP contribution in [0.4, 0.5) is 13.2 Å². The molecule has 1 aromatic carbocycles. The summed E-state index contributed by atoms with van der Waals surface area (Å²) in [5.41, 5.74) is 1.12. The lowest BCUT2D eigenvalue weighted by molar-refractivity contribution is -0.125. The van der Waals surface area contributed by atoms with Crippen LogP contribution in [0.3, 0.4) is 0 Å². The van der Waals surface area contributed by atoms with Crippen molar-refractivity contribution in [1.82, 2.24) is 5.32 Å². The van der Waals surface area contributed by atoms with Crippen molar-refractivity contribution in [2.45, 2.75) is 19.5 Å². The first kappa shape index (κ1) is 14.5. The molecular weight excluding hydrogens is 295 g/mol. The van der Waals surface area contributed by atoms with Crippen molar-refractivity contribution in [3.63, 3.8) is 0 Å². The third-order valence-electron chi connectivity index (χ3n) is 2.34. The second kappa shape index (κ2) is 6.40. The highest BCUT2D eigenvalue weighted by atomic mass is 79.9. The molecule has 0 fully saturated rings. The minimum absolute atomic E-state index is 0.163. The monoisotopic (exact) mass is 309 g/mol. The summed E-state index contributed by atoms with van der Waals surface area (Å²) < 4.78 is 36.8. The number of benzene rings is 1. The molecule has 96 valence electrons. The van der Waals surface area contributed by atoms with Gasteiger partial charge >= 0.3 is 6.18 Å². The van der Waals surface area contributed by atoms with Gasteiger partial charge in [0.1, 0.15) is 0 Å². The molecule has 0 saturated heterocycles. The topological polar surface area (TPSA) is 12.0 Å². The smallest absolute Gasteiger partial charge is 0.308 e. The van der Waals surface area contributed by atoms with Crippen molar-refractivity contribution in [2.24, 2.45) is 5.92 Å². The summed E-state index contributed by atoms with van der Waals surface area (Å²) in [5, 5.41) is 2.42. The zero-order valence-electron chi connectivity index (χ0n) is 9.52. The number of hydrogen-bond donors (Lipinski definition) is 1. The van der Waals surface area contributed by atoms with E-state index >= 15 is 0 Å². The predicted octanol–water partition coefficient (Wildman–Crippen LogP) is 3.78. The Morgan fingerprint density at radius 3 is 2.53 bits per heavy atom. The van der Waals surface area contributed by atoms with E-state index in [9.17, 15) is 13.2 Å². The van der Waals surface area contributed by atoms with Crippen molar-refractivity contribution in [3.05, 3.63) is 34.3 Å². The van der Waals surface area contributed by atoms with Gasteiger partial charge in [0.15, 0.2) is 0 Å². The van der Waals surface area contributed by atoms with Crippen LogP contribution >= 0.6 is 15.9 Å². The first-order valence-electron chi connectivity index (χ1n) is 5.39. The molecule has 1 atom stereocenters. The summed E-state index contributed by atoms with van der Waals surface area (Å²) in [6.07, 6.45) is -3.38. The number of hydrogen-bond acceptors (Lipinski definition) is 1. The number of alkyl halides is 3. The molecule has 1 nitrogen and oxygen atoms in total. The van der Waals surface area contributed by atoms with E-state index in [0.717, 1.165) is 16.5 Å². The maximum atomic E-state index is 11.9. The molecule has 0 bridgehead atoms. The van der Waals surface area contributed by atoms with Gasteiger partial charge in [-0.25, -0.2) is 0 Å². The molecule has 0 heterocycles. The normalized spacial score (nSPS) is 13.7. The summed E-state index contributed by atoms with van der Waals surface area (Å²) in [7, 11) is 0. The molecule has 0 aliphatic rings. The van der Waals surface area contributed by atoms with Crippen LogP contribution in [0.2, 0.25) is 0 Å². The van der Waals surface area contributed by atoms with E-state index in [1.54, 1.807) is 0 Å². The zero-order chi connectivity index (χ0) is 12.9. The van der Waals surface area contributed by atoms with Crippen LogP contribution in [0, 0.1) is 5.92 Å². The molecule has 5 heteroatoms. The number of rotatable bonds is 5. The summed E-state index contributed by atoms with van der Waals surface area (Å²) in [6.45, 7) is 1.37. The third kappa shape index (κ3) is 6.07. The molecule has 1 rings (SSSR count). The van der Waals surface area contributed by atoms with Crippen LogP contribution in [-0.2, 0) is 6.42 Å². The minimum atomic E-state index is -4.13. The molecule has 0 saturated carbocycles. The summed E-state index contributed by atoms with van der Waals surface area (Å²) >= 11 is 3.42. The predicted molar refractivity (Wildman–Crippen MR) is 65.9 cm³/mol. The molecule has 0 spiro atoms. The molecule has 0 amide bonds. The summed E-state index contributed by atoms with van der Waals surface area (Å²) in [4.78, 5) is 0. The van der Waals surface area contributed by atoms with Crippen molar-refractivity contribution in [2.75, 3.05) is 13.1 Å². The molecule has 1 unspecified atom stereocenters. The van der Waals surface area contributed by atoms with Crippen LogP contribution < -0.4 is 5.32 Å². The van der Waals surface area contributed by atoms with Gasteiger partial charge in [0.2, 0.25) is 0 Å². The van der Waals surface area contributed by atoms with Crippen LogP contribution in [0.1, 0.15) is 12.5 Å². The second-order valence-corrected chi connectivity index (χ2v) is 5.00. The molecule has 0 aliphatic carbocycles. The Kier molecular flexibility index (Phi) is 5.46. The van der Waals surface area contributed by atoms with Crippen LogP contribution in [0.15, 0.2) is 28.7 Å². The standard InChI is InChI=1S/C12H15BrF3N/c1-9(7-17-8-12(14,15)16)6-10-4-2-3-5-11(10)13/h2-5,9,17H,6-8H2,1H3. The first-order chi connectivity index (χ1) is 7.88. The van der Waals surface area contributed by atoms with Gasteiger partial charge < -0.3 is 5.32 Å². The summed E-state index contributed by atoms with van der Waals surface area (Å²) in [6, 6.07) is 7.76. The van der Waals surface area contributed by atoms with E-state index in [4.69, 9.17) is 0 Å². The number of halogens is 4. The second-order valence-electron chi connectivity index (χ2n) is 4.15. The Balaban J connectivity index is 2.35. The molecular formula is C12H15BrF3N. The van der Waals surface area contributed by atoms with Crippen molar-refractivity contribution >= 4 is 15.9 Å². The lowest BCUT2D eigenvalue weighted by Crippen LogP contribution is -2.32. The van der Waals surface area contributed by atoms with Gasteiger partial charge in [-0.15, -0.1) is 0 Å². The van der Waals surface area contributed by atoms with Crippen LogP contribution in [-0.4, -0.2) is 19.3 Å². The lowest BCUT2D eigenvalue weighted by Gasteiger charge is -2.14.